The molecule has 0 aliphatic rings. The Kier molecular flexibility index (Phi) is 3.79. The zero-order valence-corrected chi connectivity index (χ0v) is 10.7. The molecule has 0 fully saturated rings. The predicted octanol–water partition coefficient (Wildman–Crippen LogP) is 1.04. The Morgan fingerprint density at radius 2 is 2.05 bits per heavy atom. The number of benzene rings is 1. The number of aromatic nitrogens is 1. The van der Waals surface area contributed by atoms with Crippen LogP contribution in [0.5, 0.6) is 0 Å². The standard InChI is InChI=1S/C13H10FN3O4/c14-11-4-2-1-3-8(11)6-16-7-9(17(20)21)5-10(12(15)18)13(16)19/h1-5,7H,6H2,(H2,15,18). The number of hydrogen-bond acceptors (Lipinski definition) is 4. The van der Waals surface area contributed by atoms with Gasteiger partial charge in [0.25, 0.3) is 17.2 Å². The summed E-state index contributed by atoms with van der Waals surface area (Å²) >= 11 is 0. The first-order chi connectivity index (χ1) is 9.90. The van der Waals surface area contributed by atoms with Gasteiger partial charge in [-0.05, 0) is 6.07 Å². The van der Waals surface area contributed by atoms with Crippen LogP contribution in [0.4, 0.5) is 10.1 Å². The fourth-order valence-electron chi connectivity index (χ4n) is 1.82. The van der Waals surface area contributed by atoms with Gasteiger partial charge in [-0.1, -0.05) is 18.2 Å². The maximum Gasteiger partial charge on any atom is 0.286 e. The van der Waals surface area contributed by atoms with Gasteiger partial charge in [-0.25, -0.2) is 4.39 Å². The monoisotopic (exact) mass is 291 g/mol. The molecule has 8 heteroatoms. The molecule has 1 aromatic heterocycles. The van der Waals surface area contributed by atoms with Crippen molar-refractivity contribution in [3.8, 4) is 0 Å². The van der Waals surface area contributed by atoms with Crippen LogP contribution < -0.4 is 11.3 Å². The quantitative estimate of drug-likeness (QED) is 0.670. The molecule has 2 N–H and O–H groups in total. The molecule has 0 atom stereocenters. The zero-order valence-electron chi connectivity index (χ0n) is 10.7. The van der Waals surface area contributed by atoms with Crippen LogP contribution in [-0.4, -0.2) is 15.4 Å². The van der Waals surface area contributed by atoms with Crippen molar-refractivity contribution in [3.05, 3.63) is 73.9 Å². The van der Waals surface area contributed by atoms with Crippen LogP contribution in [-0.2, 0) is 6.54 Å². The first-order valence-corrected chi connectivity index (χ1v) is 5.82. The van der Waals surface area contributed by atoms with E-state index in [1.165, 1.54) is 18.2 Å². The molecule has 0 saturated carbocycles. The lowest BCUT2D eigenvalue weighted by Gasteiger charge is -2.08. The number of hydrogen-bond donors (Lipinski definition) is 1. The highest BCUT2D eigenvalue weighted by atomic mass is 19.1. The summed E-state index contributed by atoms with van der Waals surface area (Å²) in [5, 5.41) is 10.8. The highest BCUT2D eigenvalue weighted by molar-refractivity contribution is 5.92. The Balaban J connectivity index is 2.58. The smallest absolute Gasteiger partial charge is 0.286 e. The second kappa shape index (κ2) is 5.53. The fraction of sp³-hybridized carbons (Fsp3) is 0.0769. The van der Waals surface area contributed by atoms with Gasteiger partial charge in [0.2, 0.25) is 0 Å². The molecule has 0 radical (unpaired) electrons. The summed E-state index contributed by atoms with van der Waals surface area (Å²) < 4.78 is 14.5. The van der Waals surface area contributed by atoms with Crippen molar-refractivity contribution in [3.63, 3.8) is 0 Å². The van der Waals surface area contributed by atoms with Gasteiger partial charge in [-0.3, -0.25) is 19.7 Å². The molecule has 0 aliphatic heterocycles. The van der Waals surface area contributed by atoms with Crippen molar-refractivity contribution >= 4 is 11.6 Å². The zero-order chi connectivity index (χ0) is 15.6. The Bertz CT molecular complexity index is 785. The molecule has 0 bridgehead atoms. The average molecular weight is 291 g/mol. The summed E-state index contributed by atoms with van der Waals surface area (Å²) in [4.78, 5) is 33.3. The molecule has 0 unspecified atom stereocenters. The molecule has 108 valence electrons. The molecule has 1 amide bonds. The third-order valence-electron chi connectivity index (χ3n) is 2.85. The molecule has 2 rings (SSSR count). The lowest BCUT2D eigenvalue weighted by atomic mass is 10.2. The molecule has 1 aromatic carbocycles. The van der Waals surface area contributed by atoms with Crippen LogP contribution in [0.25, 0.3) is 0 Å². The van der Waals surface area contributed by atoms with Gasteiger partial charge >= 0.3 is 0 Å². The van der Waals surface area contributed by atoms with E-state index in [-0.39, 0.29) is 12.1 Å². The summed E-state index contributed by atoms with van der Waals surface area (Å²) in [6.07, 6.45) is 0.946. The van der Waals surface area contributed by atoms with Gasteiger partial charge in [-0.2, -0.15) is 0 Å². The van der Waals surface area contributed by atoms with E-state index >= 15 is 0 Å². The summed E-state index contributed by atoms with van der Waals surface area (Å²) in [7, 11) is 0. The minimum atomic E-state index is -1.08. The molecule has 1 heterocycles. The number of rotatable bonds is 4. The molecule has 21 heavy (non-hydrogen) atoms. The van der Waals surface area contributed by atoms with Gasteiger partial charge < -0.3 is 10.3 Å². The number of nitrogens with two attached hydrogens (primary N) is 1. The number of pyridine rings is 1. The second-order valence-corrected chi connectivity index (χ2v) is 4.26. The third kappa shape index (κ3) is 2.94. The van der Waals surface area contributed by atoms with Gasteiger partial charge in [0, 0.05) is 11.6 Å². The summed E-state index contributed by atoms with van der Waals surface area (Å²) in [6, 6.07) is 6.49. The van der Waals surface area contributed by atoms with Crippen LogP contribution in [0.3, 0.4) is 0 Å². The molecular weight excluding hydrogens is 281 g/mol. The topological polar surface area (TPSA) is 108 Å². The van der Waals surface area contributed by atoms with Crippen molar-refractivity contribution in [1.29, 1.82) is 0 Å². The summed E-state index contributed by atoms with van der Waals surface area (Å²) in [5.41, 5.74) is 3.39. The average Bonchev–Trinajstić information content (AvgIpc) is 2.42. The fourth-order valence-corrected chi connectivity index (χ4v) is 1.82. The lowest BCUT2D eigenvalue weighted by Crippen LogP contribution is -2.30. The third-order valence-corrected chi connectivity index (χ3v) is 2.85. The predicted molar refractivity (Wildman–Crippen MR) is 71.4 cm³/mol. The first-order valence-electron chi connectivity index (χ1n) is 5.82. The van der Waals surface area contributed by atoms with E-state index in [0.717, 1.165) is 16.8 Å². The molecule has 0 spiro atoms. The number of carbonyl (C=O) groups is 1. The largest absolute Gasteiger partial charge is 0.365 e. The Morgan fingerprint density at radius 3 is 2.62 bits per heavy atom. The second-order valence-electron chi connectivity index (χ2n) is 4.26. The Labute approximate surface area is 117 Å². The first kappa shape index (κ1) is 14.4. The molecule has 7 nitrogen and oxygen atoms in total. The van der Waals surface area contributed by atoms with E-state index < -0.39 is 33.5 Å². The summed E-state index contributed by atoms with van der Waals surface area (Å²) in [6.45, 7) is -0.243. The Morgan fingerprint density at radius 1 is 1.38 bits per heavy atom. The van der Waals surface area contributed by atoms with Crippen LogP contribution in [0.15, 0.2) is 41.3 Å². The molecule has 2 aromatic rings. The molecule has 0 saturated heterocycles. The highest BCUT2D eigenvalue weighted by Gasteiger charge is 2.17. The van der Waals surface area contributed by atoms with E-state index in [1.807, 2.05) is 0 Å². The number of halogens is 1. The highest BCUT2D eigenvalue weighted by Crippen LogP contribution is 2.13. The van der Waals surface area contributed by atoms with E-state index in [2.05, 4.69) is 0 Å². The number of primary amides is 1. The van der Waals surface area contributed by atoms with Crippen molar-refractivity contribution in [2.75, 3.05) is 0 Å². The summed E-state index contributed by atoms with van der Waals surface area (Å²) in [5.74, 6) is -1.64. The maximum atomic E-state index is 13.6. The van der Waals surface area contributed by atoms with Gasteiger partial charge in [0.05, 0.1) is 17.7 Å². The SMILES string of the molecule is NC(=O)c1cc([N+](=O)[O-])cn(Cc2ccccc2F)c1=O. The number of carbonyl (C=O) groups excluding carboxylic acids is 1. The van der Waals surface area contributed by atoms with Crippen molar-refractivity contribution in [2.45, 2.75) is 6.54 Å². The van der Waals surface area contributed by atoms with Gasteiger partial charge in [0.15, 0.2) is 0 Å². The maximum absolute atomic E-state index is 13.6. The van der Waals surface area contributed by atoms with Crippen molar-refractivity contribution in [2.24, 2.45) is 5.73 Å². The molecule has 0 aliphatic carbocycles. The van der Waals surface area contributed by atoms with E-state index in [9.17, 15) is 24.1 Å². The van der Waals surface area contributed by atoms with E-state index in [1.54, 1.807) is 6.07 Å². The lowest BCUT2D eigenvalue weighted by molar-refractivity contribution is -0.385. The number of nitro groups is 1. The number of nitrogens with zero attached hydrogens (tertiary/aromatic N) is 2. The van der Waals surface area contributed by atoms with E-state index in [0.29, 0.717) is 0 Å². The number of amides is 1. The normalized spacial score (nSPS) is 10.3. The van der Waals surface area contributed by atoms with Crippen LogP contribution in [0.1, 0.15) is 15.9 Å². The van der Waals surface area contributed by atoms with Crippen molar-refractivity contribution < 1.29 is 14.1 Å². The van der Waals surface area contributed by atoms with Crippen LogP contribution in [0, 0.1) is 15.9 Å². The Hall–Kier alpha value is -3.03. The van der Waals surface area contributed by atoms with Gasteiger partial charge in [0.1, 0.15) is 11.4 Å². The van der Waals surface area contributed by atoms with Crippen LogP contribution in [0.2, 0.25) is 0 Å². The molecular formula is C13H10FN3O4. The van der Waals surface area contributed by atoms with Crippen LogP contribution >= 0.6 is 0 Å². The van der Waals surface area contributed by atoms with E-state index in [4.69, 9.17) is 5.73 Å². The minimum Gasteiger partial charge on any atom is -0.365 e. The minimum absolute atomic E-state index is 0.163. The van der Waals surface area contributed by atoms with Crippen molar-refractivity contribution in [1.82, 2.24) is 4.57 Å². The van der Waals surface area contributed by atoms with Gasteiger partial charge in [-0.15, -0.1) is 0 Å².